The lowest BCUT2D eigenvalue weighted by atomic mass is 10.4. The van der Waals surface area contributed by atoms with E-state index in [1.165, 1.54) is 6.33 Å². The third-order valence-electron chi connectivity index (χ3n) is 1.88. The highest BCUT2D eigenvalue weighted by Crippen LogP contribution is 1.90. The quantitative estimate of drug-likeness (QED) is 0.576. The Morgan fingerprint density at radius 1 is 1.29 bits per heavy atom. The molecule has 74 valence electrons. The van der Waals surface area contributed by atoms with Crippen LogP contribution in [0.4, 0.5) is 0 Å². The lowest BCUT2D eigenvalue weighted by Gasteiger charge is -2.00. The van der Waals surface area contributed by atoms with Crippen molar-refractivity contribution in [2.45, 2.75) is 13.0 Å². The zero-order valence-corrected chi connectivity index (χ0v) is 7.70. The molecule has 0 atom stereocenters. The van der Waals surface area contributed by atoms with Gasteiger partial charge in [0.25, 0.3) is 0 Å². The Morgan fingerprint density at radius 3 is 3.00 bits per heavy atom. The Labute approximate surface area is 81.1 Å². The Balaban J connectivity index is 1.65. The van der Waals surface area contributed by atoms with Gasteiger partial charge < -0.3 is 5.32 Å². The minimum Gasteiger partial charge on any atom is -0.311 e. The smallest absolute Gasteiger partial charge is 0.137 e. The van der Waals surface area contributed by atoms with E-state index in [9.17, 15) is 0 Å². The first-order valence-corrected chi connectivity index (χ1v) is 4.48. The van der Waals surface area contributed by atoms with Crippen LogP contribution in [-0.4, -0.2) is 31.9 Å². The average molecular weight is 192 g/mol. The van der Waals surface area contributed by atoms with Crippen molar-refractivity contribution in [3.8, 4) is 0 Å². The van der Waals surface area contributed by atoms with Crippen LogP contribution in [0.25, 0.3) is 0 Å². The van der Waals surface area contributed by atoms with Crippen LogP contribution in [0.5, 0.6) is 0 Å². The molecule has 2 aromatic heterocycles. The fourth-order valence-electron chi connectivity index (χ4n) is 1.16. The largest absolute Gasteiger partial charge is 0.311 e. The van der Waals surface area contributed by atoms with Gasteiger partial charge in [0.2, 0.25) is 0 Å². The topological polar surface area (TPSA) is 82.3 Å². The molecule has 6 heteroatoms. The second kappa shape index (κ2) is 4.52. The molecule has 0 unspecified atom stereocenters. The van der Waals surface area contributed by atoms with Gasteiger partial charge in [-0.15, -0.1) is 0 Å². The van der Waals surface area contributed by atoms with Crippen LogP contribution in [0.1, 0.15) is 11.5 Å². The Hall–Kier alpha value is -1.69. The third-order valence-corrected chi connectivity index (χ3v) is 1.88. The Bertz CT molecular complexity index is 302. The molecule has 0 radical (unpaired) electrons. The zero-order valence-electron chi connectivity index (χ0n) is 7.70. The minimum atomic E-state index is 0.800. The first kappa shape index (κ1) is 8.89. The Morgan fingerprint density at radius 2 is 2.29 bits per heavy atom. The van der Waals surface area contributed by atoms with E-state index in [1.54, 1.807) is 6.20 Å². The first-order valence-electron chi connectivity index (χ1n) is 4.48. The minimum absolute atomic E-state index is 0.800. The van der Waals surface area contributed by atoms with Gasteiger partial charge in [-0.05, 0) is 6.07 Å². The van der Waals surface area contributed by atoms with Gasteiger partial charge in [-0.2, -0.15) is 10.2 Å². The van der Waals surface area contributed by atoms with E-state index in [0.717, 1.165) is 31.0 Å². The monoisotopic (exact) mass is 192 g/mol. The molecule has 2 aromatic rings. The fraction of sp³-hybridized carbons (Fsp3) is 0.375. The van der Waals surface area contributed by atoms with Crippen LogP contribution in [0.3, 0.4) is 0 Å². The number of nitrogens with one attached hydrogen (secondary N) is 3. The van der Waals surface area contributed by atoms with E-state index in [-0.39, 0.29) is 0 Å². The van der Waals surface area contributed by atoms with Crippen molar-refractivity contribution in [3.05, 3.63) is 30.1 Å². The molecule has 0 aromatic carbocycles. The van der Waals surface area contributed by atoms with Gasteiger partial charge in [-0.25, -0.2) is 4.98 Å². The third kappa shape index (κ3) is 2.40. The number of H-pyrrole nitrogens is 2. The van der Waals surface area contributed by atoms with Crippen molar-refractivity contribution in [1.29, 1.82) is 0 Å². The van der Waals surface area contributed by atoms with Gasteiger partial charge in [0.05, 0.1) is 0 Å². The maximum absolute atomic E-state index is 4.02. The number of nitrogens with zero attached hydrogens (tertiary/aromatic N) is 3. The SMILES string of the molecule is c1cc(CNCCc2ncn[nH]2)[nH]n1. The molecule has 3 N–H and O–H groups in total. The van der Waals surface area contributed by atoms with E-state index in [0.29, 0.717) is 0 Å². The summed E-state index contributed by atoms with van der Waals surface area (Å²) in [5.41, 5.74) is 1.09. The van der Waals surface area contributed by atoms with Crippen LogP contribution in [0, 0.1) is 0 Å². The highest BCUT2D eigenvalue weighted by molar-refractivity contribution is 4.96. The molecule has 2 heterocycles. The van der Waals surface area contributed by atoms with E-state index < -0.39 is 0 Å². The summed E-state index contributed by atoms with van der Waals surface area (Å²) in [6, 6.07) is 1.95. The molecule has 14 heavy (non-hydrogen) atoms. The average Bonchev–Trinajstić information content (AvgIpc) is 2.86. The van der Waals surface area contributed by atoms with Crippen molar-refractivity contribution >= 4 is 0 Å². The standard InChI is InChI=1S/C8H12N6/c1-4-11-13-7(1)5-9-3-2-8-10-6-12-14-8/h1,4,6,9H,2-3,5H2,(H,11,13)(H,10,12,14). The summed E-state index contributed by atoms with van der Waals surface area (Å²) in [7, 11) is 0. The molecular formula is C8H12N6. The van der Waals surface area contributed by atoms with Crippen molar-refractivity contribution < 1.29 is 0 Å². The molecule has 0 saturated heterocycles. The van der Waals surface area contributed by atoms with Gasteiger partial charge in [0.15, 0.2) is 0 Å². The first-order chi connectivity index (χ1) is 6.95. The van der Waals surface area contributed by atoms with E-state index in [1.807, 2.05) is 6.07 Å². The zero-order chi connectivity index (χ0) is 9.64. The molecule has 0 amide bonds. The molecule has 0 bridgehead atoms. The fourth-order valence-corrected chi connectivity index (χ4v) is 1.16. The van der Waals surface area contributed by atoms with E-state index in [2.05, 4.69) is 30.7 Å². The summed E-state index contributed by atoms with van der Waals surface area (Å²) < 4.78 is 0. The highest BCUT2D eigenvalue weighted by Gasteiger charge is 1.95. The number of rotatable bonds is 5. The van der Waals surface area contributed by atoms with Crippen molar-refractivity contribution in [2.75, 3.05) is 6.54 Å². The van der Waals surface area contributed by atoms with Gasteiger partial charge in [0, 0.05) is 31.4 Å². The number of aromatic amines is 2. The number of aromatic nitrogens is 5. The van der Waals surface area contributed by atoms with E-state index >= 15 is 0 Å². The molecule has 0 spiro atoms. The van der Waals surface area contributed by atoms with Gasteiger partial charge in [-0.1, -0.05) is 0 Å². The summed E-state index contributed by atoms with van der Waals surface area (Å²) >= 11 is 0. The summed E-state index contributed by atoms with van der Waals surface area (Å²) in [4.78, 5) is 4.02. The van der Waals surface area contributed by atoms with Crippen LogP contribution in [-0.2, 0) is 13.0 Å². The second-order valence-electron chi connectivity index (χ2n) is 2.94. The van der Waals surface area contributed by atoms with Gasteiger partial charge in [0.1, 0.15) is 12.2 Å². The molecule has 0 aliphatic heterocycles. The summed E-state index contributed by atoms with van der Waals surface area (Å²) in [6.07, 6.45) is 4.12. The lowest BCUT2D eigenvalue weighted by Crippen LogP contribution is -2.17. The Kier molecular flexibility index (Phi) is 2.87. The van der Waals surface area contributed by atoms with Crippen LogP contribution < -0.4 is 5.32 Å². The maximum Gasteiger partial charge on any atom is 0.137 e. The van der Waals surface area contributed by atoms with Gasteiger partial charge in [-0.3, -0.25) is 10.2 Å². The maximum atomic E-state index is 4.02. The summed E-state index contributed by atoms with van der Waals surface area (Å²) in [5.74, 6) is 0.905. The predicted molar refractivity (Wildman–Crippen MR) is 50.4 cm³/mol. The molecule has 0 fully saturated rings. The lowest BCUT2D eigenvalue weighted by molar-refractivity contribution is 0.659. The summed E-state index contributed by atoms with van der Waals surface area (Å²) in [5, 5.41) is 16.6. The van der Waals surface area contributed by atoms with Gasteiger partial charge >= 0.3 is 0 Å². The molecule has 0 saturated carbocycles. The van der Waals surface area contributed by atoms with Crippen LogP contribution >= 0.6 is 0 Å². The normalized spacial score (nSPS) is 10.6. The second-order valence-corrected chi connectivity index (χ2v) is 2.94. The van der Waals surface area contributed by atoms with Crippen LogP contribution in [0.15, 0.2) is 18.6 Å². The predicted octanol–water partition coefficient (Wildman–Crippen LogP) is -0.140. The molecule has 0 aliphatic rings. The summed E-state index contributed by atoms with van der Waals surface area (Å²) in [6.45, 7) is 1.67. The van der Waals surface area contributed by atoms with Crippen LogP contribution in [0.2, 0.25) is 0 Å². The number of hydrogen-bond donors (Lipinski definition) is 3. The number of hydrogen-bond acceptors (Lipinski definition) is 4. The van der Waals surface area contributed by atoms with Crippen molar-refractivity contribution in [3.63, 3.8) is 0 Å². The molecule has 6 nitrogen and oxygen atoms in total. The molecule has 2 rings (SSSR count). The highest BCUT2D eigenvalue weighted by atomic mass is 15.2. The van der Waals surface area contributed by atoms with E-state index in [4.69, 9.17) is 0 Å². The van der Waals surface area contributed by atoms with Crippen molar-refractivity contribution in [1.82, 2.24) is 30.7 Å². The van der Waals surface area contributed by atoms with Crippen molar-refractivity contribution in [2.24, 2.45) is 0 Å². The molecule has 0 aliphatic carbocycles. The molecular weight excluding hydrogens is 180 g/mol.